The first-order valence-corrected chi connectivity index (χ1v) is 10.1. The summed E-state index contributed by atoms with van der Waals surface area (Å²) < 4.78 is 0.579. The van der Waals surface area contributed by atoms with Crippen LogP contribution >= 0.6 is 27.7 Å². The maximum Gasteiger partial charge on any atom is 0.271 e. The van der Waals surface area contributed by atoms with Gasteiger partial charge in [0.1, 0.15) is 5.75 Å². The van der Waals surface area contributed by atoms with Crippen LogP contribution in [-0.4, -0.2) is 16.2 Å². The Bertz CT molecular complexity index is 1080. The number of thioether (sulfide) groups is 1. The van der Waals surface area contributed by atoms with Gasteiger partial charge in [-0.05, 0) is 75.7 Å². The molecule has 28 heavy (non-hydrogen) atoms. The average molecular weight is 451 g/mol. The van der Waals surface area contributed by atoms with Gasteiger partial charge in [0.25, 0.3) is 5.91 Å². The second kappa shape index (κ2) is 8.04. The molecular formula is C22H15BrN2O2S. The summed E-state index contributed by atoms with van der Waals surface area (Å²) in [7, 11) is 0. The largest absolute Gasteiger partial charge is 0.507 e. The van der Waals surface area contributed by atoms with Crippen LogP contribution in [0.15, 0.2) is 93.2 Å². The smallest absolute Gasteiger partial charge is 0.271 e. The number of aromatic hydroxyl groups is 1. The SMILES string of the molecule is O=C1/C(=C\c2ccc(O)c(Br)c2)SC(=Nc2ccccc2)N1c1ccccc1. The molecular weight excluding hydrogens is 436 g/mol. The molecule has 0 radical (unpaired) electrons. The lowest BCUT2D eigenvalue weighted by Gasteiger charge is -2.15. The topological polar surface area (TPSA) is 52.9 Å². The van der Waals surface area contributed by atoms with Crippen molar-refractivity contribution in [3.63, 3.8) is 0 Å². The molecule has 1 saturated heterocycles. The fraction of sp³-hybridized carbons (Fsp3) is 0. The van der Waals surface area contributed by atoms with Gasteiger partial charge in [0, 0.05) is 0 Å². The number of hydrogen-bond donors (Lipinski definition) is 1. The van der Waals surface area contributed by atoms with Crippen molar-refractivity contribution in [2.75, 3.05) is 4.90 Å². The summed E-state index contributed by atoms with van der Waals surface area (Å²) >= 11 is 4.64. The second-order valence-electron chi connectivity index (χ2n) is 6.03. The van der Waals surface area contributed by atoms with E-state index in [1.807, 2.05) is 60.7 Å². The Labute approximate surface area is 175 Å². The third-order valence-corrected chi connectivity index (χ3v) is 5.68. The highest BCUT2D eigenvalue weighted by Crippen LogP contribution is 2.37. The minimum Gasteiger partial charge on any atom is -0.507 e. The van der Waals surface area contributed by atoms with Gasteiger partial charge < -0.3 is 5.11 Å². The zero-order chi connectivity index (χ0) is 19.5. The number of aliphatic imine (C=N–C) groups is 1. The van der Waals surface area contributed by atoms with E-state index in [0.29, 0.717) is 14.5 Å². The molecule has 0 spiro atoms. The Morgan fingerprint density at radius 1 is 0.964 bits per heavy atom. The van der Waals surface area contributed by atoms with E-state index in [2.05, 4.69) is 20.9 Å². The molecule has 3 aromatic rings. The predicted octanol–water partition coefficient (Wildman–Crippen LogP) is 5.96. The summed E-state index contributed by atoms with van der Waals surface area (Å²) in [5.41, 5.74) is 2.37. The third-order valence-electron chi connectivity index (χ3n) is 4.07. The molecule has 0 bridgehead atoms. The van der Waals surface area contributed by atoms with Gasteiger partial charge in [-0.3, -0.25) is 9.69 Å². The van der Waals surface area contributed by atoms with Gasteiger partial charge in [-0.2, -0.15) is 0 Å². The van der Waals surface area contributed by atoms with E-state index in [1.165, 1.54) is 11.8 Å². The molecule has 3 aromatic carbocycles. The summed E-state index contributed by atoms with van der Waals surface area (Å²) in [6.45, 7) is 0. The number of carbonyl (C=O) groups is 1. The van der Waals surface area contributed by atoms with Gasteiger partial charge in [-0.1, -0.05) is 42.5 Å². The molecule has 0 aromatic heterocycles. The fourth-order valence-corrected chi connectivity index (χ4v) is 4.13. The number of nitrogens with zero attached hydrogens (tertiary/aromatic N) is 2. The van der Waals surface area contributed by atoms with Crippen LogP contribution in [0.3, 0.4) is 0 Å². The number of halogens is 1. The van der Waals surface area contributed by atoms with E-state index >= 15 is 0 Å². The highest BCUT2D eigenvalue weighted by atomic mass is 79.9. The van der Waals surface area contributed by atoms with Gasteiger partial charge in [-0.15, -0.1) is 0 Å². The van der Waals surface area contributed by atoms with Crippen LogP contribution in [0, 0.1) is 0 Å². The summed E-state index contributed by atoms with van der Waals surface area (Å²) in [6.07, 6.45) is 1.81. The van der Waals surface area contributed by atoms with Crippen LogP contribution in [0.2, 0.25) is 0 Å². The maximum atomic E-state index is 13.2. The first kappa shape index (κ1) is 18.5. The number of anilines is 1. The van der Waals surface area contributed by atoms with Gasteiger partial charge in [-0.25, -0.2) is 4.99 Å². The summed E-state index contributed by atoms with van der Waals surface area (Å²) in [5.74, 6) is 0.0277. The van der Waals surface area contributed by atoms with Gasteiger partial charge in [0.15, 0.2) is 5.17 Å². The first-order valence-electron chi connectivity index (χ1n) is 8.53. The van der Waals surface area contributed by atoms with Crippen LogP contribution in [0.1, 0.15) is 5.56 Å². The molecule has 1 N–H and O–H groups in total. The predicted molar refractivity (Wildman–Crippen MR) is 119 cm³/mol. The van der Waals surface area contributed by atoms with Crippen LogP contribution < -0.4 is 4.90 Å². The van der Waals surface area contributed by atoms with E-state index in [0.717, 1.165) is 16.9 Å². The Morgan fingerprint density at radius 3 is 2.32 bits per heavy atom. The average Bonchev–Trinajstić information content (AvgIpc) is 3.01. The maximum absolute atomic E-state index is 13.2. The Hall–Kier alpha value is -2.83. The lowest BCUT2D eigenvalue weighted by molar-refractivity contribution is -0.113. The minimum atomic E-state index is -0.130. The summed E-state index contributed by atoms with van der Waals surface area (Å²) in [5, 5.41) is 10.3. The molecule has 0 unspecified atom stereocenters. The van der Waals surface area contributed by atoms with Crippen molar-refractivity contribution in [1.82, 2.24) is 0 Å². The third kappa shape index (κ3) is 3.88. The van der Waals surface area contributed by atoms with Gasteiger partial charge >= 0.3 is 0 Å². The molecule has 1 amide bonds. The molecule has 0 saturated carbocycles. The molecule has 1 heterocycles. The molecule has 1 fully saturated rings. The molecule has 138 valence electrons. The molecule has 4 nitrogen and oxygen atoms in total. The number of rotatable bonds is 3. The van der Waals surface area contributed by atoms with Crippen LogP contribution in [0.5, 0.6) is 5.75 Å². The number of carbonyl (C=O) groups excluding carboxylic acids is 1. The van der Waals surface area contributed by atoms with E-state index in [9.17, 15) is 9.90 Å². The number of benzene rings is 3. The second-order valence-corrected chi connectivity index (χ2v) is 7.89. The highest BCUT2D eigenvalue weighted by Gasteiger charge is 2.34. The van der Waals surface area contributed by atoms with Crippen molar-refractivity contribution >= 4 is 56.2 Å². The number of amidine groups is 1. The lowest BCUT2D eigenvalue weighted by Crippen LogP contribution is -2.28. The molecule has 0 atom stereocenters. The summed E-state index contributed by atoms with van der Waals surface area (Å²) in [4.78, 5) is 20.0. The van der Waals surface area contributed by atoms with Gasteiger partial charge in [0.05, 0.1) is 20.8 Å². The van der Waals surface area contributed by atoms with Crippen molar-refractivity contribution in [2.24, 2.45) is 4.99 Å². The molecule has 6 heteroatoms. The van der Waals surface area contributed by atoms with Crippen LogP contribution in [0.25, 0.3) is 6.08 Å². The molecule has 1 aliphatic rings. The highest BCUT2D eigenvalue weighted by molar-refractivity contribution is 9.10. The monoisotopic (exact) mass is 450 g/mol. The van der Waals surface area contributed by atoms with Crippen molar-refractivity contribution in [3.05, 3.63) is 93.8 Å². The van der Waals surface area contributed by atoms with E-state index in [4.69, 9.17) is 0 Å². The van der Waals surface area contributed by atoms with Crippen molar-refractivity contribution in [1.29, 1.82) is 0 Å². The van der Waals surface area contributed by atoms with E-state index in [1.54, 1.807) is 29.2 Å². The number of phenols is 1. The number of amides is 1. The van der Waals surface area contributed by atoms with Crippen LogP contribution in [0.4, 0.5) is 11.4 Å². The Kier molecular flexibility index (Phi) is 5.32. The quantitative estimate of drug-likeness (QED) is 0.500. The lowest BCUT2D eigenvalue weighted by atomic mass is 10.2. The van der Waals surface area contributed by atoms with Crippen molar-refractivity contribution < 1.29 is 9.90 Å². The zero-order valence-corrected chi connectivity index (χ0v) is 17.0. The summed E-state index contributed by atoms with van der Waals surface area (Å²) in [6, 6.07) is 24.2. The normalized spacial score (nSPS) is 16.9. The fourth-order valence-electron chi connectivity index (χ4n) is 2.73. The molecule has 0 aliphatic carbocycles. The zero-order valence-electron chi connectivity index (χ0n) is 14.6. The number of para-hydroxylation sites is 2. The minimum absolute atomic E-state index is 0.130. The van der Waals surface area contributed by atoms with Crippen molar-refractivity contribution in [3.8, 4) is 5.75 Å². The van der Waals surface area contributed by atoms with E-state index in [-0.39, 0.29) is 11.7 Å². The Morgan fingerprint density at radius 2 is 1.64 bits per heavy atom. The number of phenolic OH excluding ortho intramolecular Hbond substituents is 1. The molecule has 1 aliphatic heterocycles. The Balaban J connectivity index is 1.76. The van der Waals surface area contributed by atoms with Gasteiger partial charge in [0.2, 0.25) is 0 Å². The van der Waals surface area contributed by atoms with Crippen LogP contribution in [-0.2, 0) is 4.79 Å². The standard InChI is InChI=1S/C22H15BrN2O2S/c23-18-13-15(11-12-19(18)26)14-20-21(27)25(17-9-5-2-6-10-17)22(28-20)24-16-7-3-1-4-8-16/h1-14,26H/b20-14+,24-22?. The first-order chi connectivity index (χ1) is 13.6. The van der Waals surface area contributed by atoms with E-state index < -0.39 is 0 Å². The number of hydrogen-bond acceptors (Lipinski definition) is 4. The van der Waals surface area contributed by atoms with Crippen molar-refractivity contribution in [2.45, 2.75) is 0 Å². The molecule has 4 rings (SSSR count).